The minimum absolute atomic E-state index is 0.156. The lowest BCUT2D eigenvalue weighted by molar-refractivity contribution is -0.127. The fourth-order valence-electron chi connectivity index (χ4n) is 3.75. The summed E-state index contributed by atoms with van der Waals surface area (Å²) in [4.78, 5) is 39.3. The molecule has 1 fully saturated rings. The first-order valence-electron chi connectivity index (χ1n) is 9.50. The first kappa shape index (κ1) is 18.8. The molecule has 3 heterocycles. The van der Waals surface area contributed by atoms with E-state index in [1.807, 2.05) is 35.9 Å². The molecule has 150 valence electrons. The van der Waals surface area contributed by atoms with E-state index in [9.17, 15) is 14.4 Å². The lowest BCUT2D eigenvalue weighted by Crippen LogP contribution is -2.50. The zero-order valence-corrected chi connectivity index (χ0v) is 16.1. The number of hydrogen-bond acceptors (Lipinski definition) is 4. The standard InChI is InChI=1S/C21H22N4O4/c1-24-12-17(16-6-2-3-7-18(16)24)20(27)23-22-19(26)14-5-4-9-25(11-14)21(28)15-8-10-29-13-15/h2-3,6-8,10,12-14H,4-5,9,11H2,1H3,(H,22,26)(H,23,27)/t14-/m0/s1. The number of hydrogen-bond donors (Lipinski definition) is 2. The second kappa shape index (κ2) is 7.83. The van der Waals surface area contributed by atoms with E-state index in [2.05, 4.69) is 10.9 Å². The van der Waals surface area contributed by atoms with Gasteiger partial charge in [0.05, 0.1) is 23.3 Å². The highest BCUT2D eigenvalue weighted by atomic mass is 16.3. The maximum Gasteiger partial charge on any atom is 0.271 e. The Morgan fingerprint density at radius 3 is 2.76 bits per heavy atom. The van der Waals surface area contributed by atoms with E-state index in [0.29, 0.717) is 30.6 Å². The van der Waals surface area contributed by atoms with Gasteiger partial charge in [0, 0.05) is 37.2 Å². The van der Waals surface area contributed by atoms with Crippen LogP contribution in [0.3, 0.4) is 0 Å². The maximum absolute atomic E-state index is 12.6. The highest BCUT2D eigenvalue weighted by molar-refractivity contribution is 6.07. The van der Waals surface area contributed by atoms with Gasteiger partial charge in [-0.2, -0.15) is 0 Å². The van der Waals surface area contributed by atoms with Crippen molar-refractivity contribution < 1.29 is 18.8 Å². The number of nitrogens with zero attached hydrogens (tertiary/aromatic N) is 2. The third-order valence-corrected chi connectivity index (χ3v) is 5.29. The van der Waals surface area contributed by atoms with Gasteiger partial charge in [-0.1, -0.05) is 18.2 Å². The molecule has 0 radical (unpaired) electrons. The molecule has 29 heavy (non-hydrogen) atoms. The van der Waals surface area contributed by atoms with Crippen LogP contribution < -0.4 is 10.9 Å². The van der Waals surface area contributed by atoms with Crippen LogP contribution in [-0.2, 0) is 11.8 Å². The number of fused-ring (bicyclic) bond motifs is 1. The highest BCUT2D eigenvalue weighted by Gasteiger charge is 2.29. The first-order chi connectivity index (χ1) is 14.0. The molecule has 0 saturated carbocycles. The maximum atomic E-state index is 12.6. The molecule has 0 bridgehead atoms. The van der Waals surface area contributed by atoms with Crippen LogP contribution in [0.1, 0.15) is 33.6 Å². The van der Waals surface area contributed by atoms with E-state index >= 15 is 0 Å². The fraction of sp³-hybridized carbons (Fsp3) is 0.286. The number of hydrazine groups is 1. The molecule has 0 spiro atoms. The first-order valence-corrected chi connectivity index (χ1v) is 9.50. The molecule has 2 N–H and O–H groups in total. The van der Waals surface area contributed by atoms with E-state index in [4.69, 9.17) is 4.42 Å². The molecule has 0 unspecified atom stereocenters. The molecule has 3 amide bonds. The molecule has 4 rings (SSSR count). The number of nitrogens with one attached hydrogen (secondary N) is 2. The highest BCUT2D eigenvalue weighted by Crippen LogP contribution is 2.21. The minimum Gasteiger partial charge on any atom is -0.472 e. The molecule has 1 aromatic carbocycles. The van der Waals surface area contributed by atoms with Crippen LogP contribution in [0, 0.1) is 5.92 Å². The molecule has 1 saturated heterocycles. The summed E-state index contributed by atoms with van der Waals surface area (Å²) in [6.07, 6.45) is 5.96. The molecule has 8 heteroatoms. The number of aromatic nitrogens is 1. The van der Waals surface area contributed by atoms with E-state index in [1.165, 1.54) is 12.5 Å². The summed E-state index contributed by atoms with van der Waals surface area (Å²) in [7, 11) is 1.87. The van der Waals surface area contributed by atoms with Crippen molar-refractivity contribution in [2.75, 3.05) is 13.1 Å². The van der Waals surface area contributed by atoms with Gasteiger partial charge in [0.1, 0.15) is 6.26 Å². The lowest BCUT2D eigenvalue weighted by atomic mass is 9.97. The molecule has 3 aromatic rings. The largest absolute Gasteiger partial charge is 0.472 e. The van der Waals surface area contributed by atoms with Crippen LogP contribution in [0.2, 0.25) is 0 Å². The molecular weight excluding hydrogens is 372 g/mol. The predicted molar refractivity (Wildman–Crippen MR) is 106 cm³/mol. The number of furan rings is 1. The van der Waals surface area contributed by atoms with Crippen molar-refractivity contribution in [1.29, 1.82) is 0 Å². The number of amides is 3. The van der Waals surface area contributed by atoms with Crippen LogP contribution in [0.15, 0.2) is 53.5 Å². The number of likely N-dealkylation sites (tertiary alicyclic amines) is 1. The lowest BCUT2D eigenvalue weighted by Gasteiger charge is -2.31. The van der Waals surface area contributed by atoms with Crippen molar-refractivity contribution in [3.63, 3.8) is 0 Å². The van der Waals surface area contributed by atoms with E-state index < -0.39 is 0 Å². The second-order valence-electron chi connectivity index (χ2n) is 7.22. The smallest absolute Gasteiger partial charge is 0.271 e. The van der Waals surface area contributed by atoms with Gasteiger partial charge in [-0.25, -0.2) is 0 Å². The summed E-state index contributed by atoms with van der Waals surface area (Å²) in [6, 6.07) is 9.18. The summed E-state index contributed by atoms with van der Waals surface area (Å²) in [5, 5.41) is 0.816. The van der Waals surface area contributed by atoms with E-state index in [1.54, 1.807) is 17.2 Å². The summed E-state index contributed by atoms with van der Waals surface area (Å²) in [5.74, 6) is -1.22. The SMILES string of the molecule is Cn1cc(C(=O)NNC(=O)[C@H]2CCCN(C(=O)c3ccoc3)C2)c2ccccc21. The number of benzene rings is 1. The Bertz CT molecular complexity index is 1050. The zero-order chi connectivity index (χ0) is 20.4. The molecule has 8 nitrogen and oxygen atoms in total. The summed E-state index contributed by atoms with van der Waals surface area (Å²) in [5.41, 5.74) is 6.91. The number of piperidine rings is 1. The average Bonchev–Trinajstić information content (AvgIpc) is 3.40. The molecular formula is C21H22N4O4. The van der Waals surface area contributed by atoms with Crippen molar-refractivity contribution in [2.45, 2.75) is 12.8 Å². The van der Waals surface area contributed by atoms with E-state index in [-0.39, 0.29) is 23.6 Å². The van der Waals surface area contributed by atoms with Gasteiger partial charge >= 0.3 is 0 Å². The van der Waals surface area contributed by atoms with Crippen molar-refractivity contribution in [3.05, 3.63) is 60.2 Å². The third-order valence-electron chi connectivity index (χ3n) is 5.29. The van der Waals surface area contributed by atoms with Crippen molar-refractivity contribution in [3.8, 4) is 0 Å². The van der Waals surface area contributed by atoms with Gasteiger partial charge in [0.2, 0.25) is 5.91 Å². The summed E-state index contributed by atoms with van der Waals surface area (Å²) >= 11 is 0. The number of carbonyl (C=O) groups is 3. The van der Waals surface area contributed by atoms with Crippen LogP contribution in [-0.4, -0.2) is 40.3 Å². The topological polar surface area (TPSA) is 96.6 Å². The normalized spacial score (nSPS) is 16.6. The van der Waals surface area contributed by atoms with Crippen LogP contribution in [0.4, 0.5) is 0 Å². The second-order valence-corrected chi connectivity index (χ2v) is 7.22. The summed E-state index contributed by atoms with van der Waals surface area (Å²) < 4.78 is 6.83. The zero-order valence-electron chi connectivity index (χ0n) is 16.1. The minimum atomic E-state index is -0.382. The predicted octanol–water partition coefficient (Wildman–Crippen LogP) is 2.08. The quantitative estimate of drug-likeness (QED) is 0.665. The fourth-order valence-corrected chi connectivity index (χ4v) is 3.75. The Hall–Kier alpha value is -3.55. The van der Waals surface area contributed by atoms with E-state index in [0.717, 1.165) is 17.3 Å². The van der Waals surface area contributed by atoms with Gasteiger partial charge in [-0.3, -0.25) is 25.2 Å². The molecule has 2 aromatic heterocycles. The third kappa shape index (κ3) is 3.73. The molecule has 0 aliphatic carbocycles. The van der Waals surface area contributed by atoms with Crippen molar-refractivity contribution >= 4 is 28.6 Å². The number of aryl methyl sites for hydroxylation is 1. The van der Waals surface area contributed by atoms with Crippen LogP contribution in [0.5, 0.6) is 0 Å². The monoisotopic (exact) mass is 394 g/mol. The Balaban J connectivity index is 1.37. The van der Waals surface area contributed by atoms with Crippen LogP contribution >= 0.6 is 0 Å². The van der Waals surface area contributed by atoms with Crippen LogP contribution in [0.25, 0.3) is 10.9 Å². The van der Waals surface area contributed by atoms with Gasteiger partial charge in [0.15, 0.2) is 0 Å². The Labute approximate surface area is 167 Å². The number of carbonyl (C=O) groups excluding carboxylic acids is 3. The molecule has 1 aliphatic heterocycles. The van der Waals surface area contributed by atoms with Crippen molar-refractivity contribution in [1.82, 2.24) is 20.3 Å². The number of rotatable bonds is 3. The average molecular weight is 394 g/mol. The summed E-state index contributed by atoms with van der Waals surface area (Å²) in [6.45, 7) is 0.899. The number of para-hydroxylation sites is 1. The molecule has 1 aliphatic rings. The van der Waals surface area contributed by atoms with Crippen molar-refractivity contribution in [2.24, 2.45) is 13.0 Å². The van der Waals surface area contributed by atoms with Gasteiger partial charge < -0.3 is 13.9 Å². The Morgan fingerprint density at radius 2 is 1.97 bits per heavy atom. The van der Waals surface area contributed by atoms with Gasteiger partial charge in [-0.05, 0) is 25.0 Å². The Kier molecular flexibility index (Phi) is 5.07. The Morgan fingerprint density at radius 1 is 1.14 bits per heavy atom. The molecule has 1 atom stereocenters. The van der Waals surface area contributed by atoms with Gasteiger partial charge in [0.25, 0.3) is 11.8 Å². The van der Waals surface area contributed by atoms with Gasteiger partial charge in [-0.15, -0.1) is 0 Å².